The molecule has 0 aliphatic rings. The van der Waals surface area contributed by atoms with Crippen LogP contribution in [-0.4, -0.2) is 30.2 Å². The van der Waals surface area contributed by atoms with Gasteiger partial charge in [-0.2, -0.15) is 0 Å². The van der Waals surface area contributed by atoms with Gasteiger partial charge < -0.3 is 14.6 Å². The zero-order valence-electron chi connectivity index (χ0n) is 10.0. The Hall–Kier alpha value is -2.31. The molecule has 0 bridgehead atoms. The largest absolute Gasteiger partial charge is 0.493 e. The topological polar surface area (TPSA) is 98.9 Å². The molecule has 18 heavy (non-hydrogen) atoms. The second-order valence-electron chi connectivity index (χ2n) is 3.49. The van der Waals surface area contributed by atoms with Crippen LogP contribution < -0.4 is 9.47 Å². The molecule has 0 spiro atoms. The first-order valence-electron chi connectivity index (χ1n) is 5.10. The van der Waals surface area contributed by atoms with E-state index in [1.165, 1.54) is 26.4 Å². The molecule has 0 saturated heterocycles. The minimum absolute atomic E-state index is 0.0615. The monoisotopic (exact) mass is 255 g/mol. The van der Waals surface area contributed by atoms with Gasteiger partial charge in [0.2, 0.25) is 0 Å². The lowest BCUT2D eigenvalue weighted by atomic mass is 10.1. The van der Waals surface area contributed by atoms with Crippen LogP contribution in [0.1, 0.15) is 12.0 Å². The molecule has 0 saturated carbocycles. The number of carbonyl (C=O) groups is 1. The molecular weight excluding hydrogens is 242 g/mol. The van der Waals surface area contributed by atoms with E-state index < -0.39 is 10.9 Å². The maximum atomic E-state index is 10.9. The number of nitro benzene ring substituents is 1. The number of nitro groups is 1. The summed E-state index contributed by atoms with van der Waals surface area (Å²) in [4.78, 5) is 20.8. The molecule has 0 amide bonds. The van der Waals surface area contributed by atoms with E-state index in [0.717, 1.165) is 0 Å². The summed E-state index contributed by atoms with van der Waals surface area (Å²) in [5, 5.41) is 19.5. The van der Waals surface area contributed by atoms with Gasteiger partial charge >= 0.3 is 5.97 Å². The smallest absolute Gasteiger partial charge is 0.303 e. The lowest BCUT2D eigenvalue weighted by molar-refractivity contribution is -0.385. The third-order valence-corrected chi connectivity index (χ3v) is 2.39. The summed E-state index contributed by atoms with van der Waals surface area (Å²) < 4.78 is 9.99. The maximum absolute atomic E-state index is 10.9. The molecule has 0 unspecified atom stereocenters. The van der Waals surface area contributed by atoms with Crippen LogP contribution in [0.2, 0.25) is 0 Å². The van der Waals surface area contributed by atoms with Crippen LogP contribution in [-0.2, 0) is 11.2 Å². The van der Waals surface area contributed by atoms with Gasteiger partial charge in [-0.3, -0.25) is 14.9 Å². The van der Waals surface area contributed by atoms with Gasteiger partial charge in [-0.1, -0.05) is 0 Å². The average molecular weight is 255 g/mol. The number of aryl methyl sites for hydroxylation is 1. The SMILES string of the molecule is COc1cc(CCC(=O)O)c([N+](=O)[O-])cc1OC. The minimum atomic E-state index is -1.01. The number of methoxy groups -OCH3 is 2. The number of nitrogens with zero attached hydrogens (tertiary/aromatic N) is 1. The zero-order valence-corrected chi connectivity index (χ0v) is 10.0. The Balaban J connectivity index is 3.20. The first kappa shape index (κ1) is 13.8. The number of carboxylic acid groups (broad SMARTS) is 1. The Bertz CT molecular complexity index is 471. The van der Waals surface area contributed by atoms with E-state index in [4.69, 9.17) is 14.6 Å². The molecule has 98 valence electrons. The van der Waals surface area contributed by atoms with Crippen LogP contribution in [0.5, 0.6) is 11.5 Å². The van der Waals surface area contributed by atoms with Crippen molar-refractivity contribution in [1.29, 1.82) is 0 Å². The van der Waals surface area contributed by atoms with Gasteiger partial charge in [-0.15, -0.1) is 0 Å². The number of hydrogen-bond donors (Lipinski definition) is 1. The van der Waals surface area contributed by atoms with E-state index in [1.54, 1.807) is 0 Å². The van der Waals surface area contributed by atoms with E-state index in [2.05, 4.69) is 0 Å². The summed E-state index contributed by atoms with van der Waals surface area (Å²) in [6, 6.07) is 2.66. The number of aliphatic carboxylic acids is 1. The fourth-order valence-electron chi connectivity index (χ4n) is 1.52. The predicted octanol–water partition coefficient (Wildman–Crippen LogP) is 1.63. The molecular formula is C11H13NO6. The van der Waals surface area contributed by atoms with Crippen LogP contribution in [0.4, 0.5) is 5.69 Å². The van der Waals surface area contributed by atoms with Gasteiger partial charge in [-0.05, 0) is 12.5 Å². The lowest BCUT2D eigenvalue weighted by Gasteiger charge is -2.09. The molecule has 0 fully saturated rings. The number of carboxylic acids is 1. The number of benzene rings is 1. The van der Waals surface area contributed by atoms with E-state index in [0.29, 0.717) is 11.3 Å². The summed E-state index contributed by atoms with van der Waals surface area (Å²) >= 11 is 0. The van der Waals surface area contributed by atoms with Crippen LogP contribution in [0.15, 0.2) is 12.1 Å². The first-order chi connectivity index (χ1) is 8.49. The van der Waals surface area contributed by atoms with E-state index in [-0.39, 0.29) is 24.3 Å². The van der Waals surface area contributed by atoms with E-state index in [9.17, 15) is 14.9 Å². The van der Waals surface area contributed by atoms with Crippen molar-refractivity contribution >= 4 is 11.7 Å². The number of ether oxygens (including phenoxy) is 2. The Labute approximate surface area is 103 Å². The summed E-state index contributed by atoms with van der Waals surface area (Å²) in [7, 11) is 2.78. The second-order valence-corrected chi connectivity index (χ2v) is 3.49. The fraction of sp³-hybridized carbons (Fsp3) is 0.364. The maximum Gasteiger partial charge on any atom is 0.303 e. The zero-order chi connectivity index (χ0) is 13.7. The van der Waals surface area contributed by atoms with Crippen LogP contribution >= 0.6 is 0 Å². The highest BCUT2D eigenvalue weighted by molar-refractivity contribution is 5.67. The quantitative estimate of drug-likeness (QED) is 0.612. The Kier molecular flexibility index (Phi) is 4.47. The van der Waals surface area contributed by atoms with E-state index in [1.807, 2.05) is 0 Å². The lowest BCUT2D eigenvalue weighted by Crippen LogP contribution is -2.02. The normalized spacial score (nSPS) is 9.89. The van der Waals surface area contributed by atoms with Crippen molar-refractivity contribution in [2.45, 2.75) is 12.8 Å². The molecule has 0 heterocycles. The standard InChI is InChI=1S/C11H13NO6/c1-17-9-5-7(3-4-11(13)14)8(12(15)16)6-10(9)18-2/h5-6H,3-4H2,1-2H3,(H,13,14). The molecule has 7 nitrogen and oxygen atoms in total. The highest BCUT2D eigenvalue weighted by Crippen LogP contribution is 2.34. The molecule has 7 heteroatoms. The summed E-state index contributed by atoms with van der Waals surface area (Å²) in [6.45, 7) is 0. The van der Waals surface area contributed by atoms with Crippen molar-refractivity contribution in [1.82, 2.24) is 0 Å². The van der Waals surface area contributed by atoms with Crippen molar-refractivity contribution in [3.8, 4) is 11.5 Å². The number of rotatable bonds is 6. The van der Waals surface area contributed by atoms with Crippen molar-refractivity contribution in [2.24, 2.45) is 0 Å². The van der Waals surface area contributed by atoms with E-state index >= 15 is 0 Å². The second kappa shape index (κ2) is 5.85. The Morgan fingerprint density at radius 3 is 2.33 bits per heavy atom. The van der Waals surface area contributed by atoms with Crippen molar-refractivity contribution in [3.63, 3.8) is 0 Å². The van der Waals surface area contributed by atoms with Crippen molar-refractivity contribution in [2.75, 3.05) is 14.2 Å². The molecule has 1 aromatic carbocycles. The third kappa shape index (κ3) is 3.09. The van der Waals surface area contributed by atoms with Gasteiger partial charge in [0.05, 0.1) is 25.2 Å². The summed E-state index contributed by atoms with van der Waals surface area (Å²) in [6.07, 6.45) is -0.123. The van der Waals surface area contributed by atoms with Crippen LogP contribution in [0.25, 0.3) is 0 Å². The van der Waals surface area contributed by atoms with Gasteiger partial charge in [0.25, 0.3) is 5.69 Å². The average Bonchev–Trinajstić information content (AvgIpc) is 2.34. The Morgan fingerprint density at radius 2 is 1.89 bits per heavy atom. The van der Waals surface area contributed by atoms with Crippen molar-refractivity contribution < 1.29 is 24.3 Å². The van der Waals surface area contributed by atoms with Gasteiger partial charge in [0.1, 0.15) is 0 Å². The molecule has 1 aromatic rings. The minimum Gasteiger partial charge on any atom is -0.493 e. The van der Waals surface area contributed by atoms with Crippen LogP contribution in [0.3, 0.4) is 0 Å². The molecule has 1 rings (SSSR count). The highest BCUT2D eigenvalue weighted by atomic mass is 16.6. The first-order valence-corrected chi connectivity index (χ1v) is 5.10. The third-order valence-electron chi connectivity index (χ3n) is 2.39. The van der Waals surface area contributed by atoms with Crippen molar-refractivity contribution in [3.05, 3.63) is 27.8 Å². The summed E-state index contributed by atoms with van der Waals surface area (Å²) in [5.74, 6) is -0.439. The summed E-state index contributed by atoms with van der Waals surface area (Å²) in [5.41, 5.74) is 0.133. The molecule has 0 radical (unpaired) electrons. The predicted molar refractivity (Wildman–Crippen MR) is 62.2 cm³/mol. The molecule has 0 aromatic heterocycles. The Morgan fingerprint density at radius 1 is 1.33 bits per heavy atom. The van der Waals surface area contributed by atoms with Gasteiger partial charge in [-0.25, -0.2) is 0 Å². The highest BCUT2D eigenvalue weighted by Gasteiger charge is 2.19. The van der Waals surface area contributed by atoms with Gasteiger partial charge in [0, 0.05) is 12.0 Å². The molecule has 0 aliphatic heterocycles. The molecule has 1 N–H and O–H groups in total. The fourth-order valence-corrected chi connectivity index (χ4v) is 1.52. The van der Waals surface area contributed by atoms with Gasteiger partial charge in [0.15, 0.2) is 11.5 Å². The number of hydrogen-bond acceptors (Lipinski definition) is 5. The molecule has 0 aliphatic carbocycles. The molecule has 0 atom stereocenters. The van der Waals surface area contributed by atoms with Crippen LogP contribution in [0, 0.1) is 10.1 Å².